The van der Waals surface area contributed by atoms with Gasteiger partial charge in [-0.2, -0.15) is 0 Å². The van der Waals surface area contributed by atoms with Crippen LogP contribution in [0.15, 0.2) is 0 Å². The zero-order valence-electron chi connectivity index (χ0n) is 9.71. The van der Waals surface area contributed by atoms with Crippen molar-refractivity contribution in [1.82, 2.24) is 9.97 Å². The van der Waals surface area contributed by atoms with Crippen LogP contribution < -0.4 is 5.73 Å². The van der Waals surface area contributed by atoms with Crippen molar-refractivity contribution in [1.29, 1.82) is 0 Å². The predicted molar refractivity (Wildman–Crippen MR) is 71.8 cm³/mol. The van der Waals surface area contributed by atoms with Crippen molar-refractivity contribution in [2.75, 3.05) is 5.73 Å². The summed E-state index contributed by atoms with van der Waals surface area (Å²) in [5.74, 6) is 2.39. The van der Waals surface area contributed by atoms with E-state index < -0.39 is 0 Å². The topological polar surface area (TPSA) is 51.8 Å². The van der Waals surface area contributed by atoms with Gasteiger partial charge in [0.1, 0.15) is 11.6 Å². The molecule has 1 aromatic heterocycles. The Kier molecular flexibility index (Phi) is 4.31. The molecule has 0 atom stereocenters. The maximum absolute atomic E-state index is 5.88. The van der Waals surface area contributed by atoms with Gasteiger partial charge in [0.15, 0.2) is 0 Å². The zero-order chi connectivity index (χ0) is 11.6. The van der Waals surface area contributed by atoms with Gasteiger partial charge >= 0.3 is 0 Å². The number of anilines is 1. The fourth-order valence-corrected chi connectivity index (χ4v) is 1.77. The summed E-state index contributed by atoms with van der Waals surface area (Å²) in [5, 5.41) is 0. The molecule has 1 aromatic rings. The van der Waals surface area contributed by atoms with Crippen molar-refractivity contribution in [3.63, 3.8) is 0 Å². The second-order valence-corrected chi connectivity index (χ2v) is 5.56. The summed E-state index contributed by atoms with van der Waals surface area (Å²) in [5.41, 5.74) is 6.96. The van der Waals surface area contributed by atoms with Crippen LogP contribution in [0.2, 0.25) is 0 Å². The Morgan fingerprint density at radius 1 is 1.20 bits per heavy atom. The summed E-state index contributed by atoms with van der Waals surface area (Å²) in [6.07, 6.45) is 0.963. The van der Waals surface area contributed by atoms with Gasteiger partial charge in [-0.3, -0.25) is 0 Å². The average molecular weight is 319 g/mol. The van der Waals surface area contributed by atoms with Gasteiger partial charge in [0.25, 0.3) is 0 Å². The number of aromatic nitrogens is 2. The van der Waals surface area contributed by atoms with Crippen LogP contribution in [0, 0.1) is 9.49 Å². The van der Waals surface area contributed by atoms with Crippen LogP contribution in [0.3, 0.4) is 0 Å². The Morgan fingerprint density at radius 2 is 1.80 bits per heavy atom. The van der Waals surface area contributed by atoms with Crippen molar-refractivity contribution in [3.05, 3.63) is 15.1 Å². The average Bonchev–Trinajstić information content (AvgIpc) is 2.11. The Balaban J connectivity index is 3.13. The van der Waals surface area contributed by atoms with Crippen molar-refractivity contribution in [2.24, 2.45) is 5.92 Å². The summed E-state index contributed by atoms with van der Waals surface area (Å²) in [4.78, 5) is 8.87. The number of nitrogens with two attached hydrogens (primary N) is 1. The maximum atomic E-state index is 5.88. The molecule has 0 spiro atoms. The molecular weight excluding hydrogens is 301 g/mol. The van der Waals surface area contributed by atoms with E-state index >= 15 is 0 Å². The lowest BCUT2D eigenvalue weighted by Crippen LogP contribution is -2.10. The molecule has 0 unspecified atom stereocenters. The van der Waals surface area contributed by atoms with Crippen LogP contribution in [-0.4, -0.2) is 9.97 Å². The predicted octanol–water partition coefficient (Wildman–Crippen LogP) is 2.99. The van der Waals surface area contributed by atoms with Gasteiger partial charge in [0, 0.05) is 5.92 Å². The molecule has 1 rings (SSSR count). The molecule has 3 nitrogen and oxygen atoms in total. The third kappa shape index (κ3) is 3.29. The largest absolute Gasteiger partial charge is 0.383 e. The highest BCUT2D eigenvalue weighted by Crippen LogP contribution is 2.21. The first-order valence-corrected chi connectivity index (χ1v) is 6.31. The summed E-state index contributed by atoms with van der Waals surface area (Å²) in [6, 6.07) is 0. The molecule has 0 aliphatic rings. The highest BCUT2D eigenvalue weighted by atomic mass is 127. The standard InChI is InChI=1S/C11H18IN3/c1-6(2)5-8-9(12)10(13)15-11(14-8)7(3)4/h6-7H,5H2,1-4H3,(H2,13,14,15). The number of nitrogens with zero attached hydrogens (tertiary/aromatic N) is 2. The van der Waals surface area contributed by atoms with Gasteiger partial charge in [-0.25, -0.2) is 9.97 Å². The van der Waals surface area contributed by atoms with Gasteiger partial charge in [0.05, 0.1) is 9.26 Å². The lowest BCUT2D eigenvalue weighted by molar-refractivity contribution is 0.623. The first-order valence-electron chi connectivity index (χ1n) is 5.23. The zero-order valence-corrected chi connectivity index (χ0v) is 11.9. The molecule has 2 N–H and O–H groups in total. The van der Waals surface area contributed by atoms with E-state index in [1.54, 1.807) is 0 Å². The van der Waals surface area contributed by atoms with E-state index in [9.17, 15) is 0 Å². The van der Waals surface area contributed by atoms with E-state index in [1.165, 1.54) is 0 Å². The normalized spacial score (nSPS) is 11.4. The number of halogens is 1. The molecular formula is C11H18IN3. The van der Waals surface area contributed by atoms with Gasteiger partial charge in [-0.05, 0) is 34.9 Å². The lowest BCUT2D eigenvalue weighted by atomic mass is 10.1. The lowest BCUT2D eigenvalue weighted by Gasteiger charge is -2.12. The Morgan fingerprint density at radius 3 is 2.27 bits per heavy atom. The van der Waals surface area contributed by atoms with E-state index in [-0.39, 0.29) is 0 Å². The SMILES string of the molecule is CC(C)Cc1nc(C(C)C)nc(N)c1I. The summed E-state index contributed by atoms with van der Waals surface area (Å²) in [7, 11) is 0. The van der Waals surface area contributed by atoms with Gasteiger partial charge in [-0.15, -0.1) is 0 Å². The Bertz CT molecular complexity index is 348. The molecule has 0 saturated carbocycles. The quantitative estimate of drug-likeness (QED) is 0.872. The van der Waals surface area contributed by atoms with Crippen molar-refractivity contribution in [3.8, 4) is 0 Å². The summed E-state index contributed by atoms with van der Waals surface area (Å²) >= 11 is 2.23. The van der Waals surface area contributed by atoms with Gasteiger partial charge in [-0.1, -0.05) is 27.7 Å². The number of hydrogen-bond acceptors (Lipinski definition) is 3. The van der Waals surface area contributed by atoms with Crippen LogP contribution >= 0.6 is 22.6 Å². The number of hydrogen-bond donors (Lipinski definition) is 1. The molecule has 0 fully saturated rings. The summed E-state index contributed by atoms with van der Waals surface area (Å²) < 4.78 is 1.01. The van der Waals surface area contributed by atoms with E-state index in [2.05, 4.69) is 60.3 Å². The maximum Gasteiger partial charge on any atom is 0.140 e. The molecule has 0 aromatic carbocycles. The second-order valence-electron chi connectivity index (χ2n) is 4.48. The van der Waals surface area contributed by atoms with Crippen molar-refractivity contribution in [2.45, 2.75) is 40.0 Å². The molecule has 4 heteroatoms. The molecule has 0 bridgehead atoms. The highest BCUT2D eigenvalue weighted by Gasteiger charge is 2.12. The molecule has 84 valence electrons. The van der Waals surface area contributed by atoms with E-state index in [0.29, 0.717) is 17.7 Å². The molecule has 0 aliphatic carbocycles. The van der Waals surface area contributed by atoms with E-state index in [0.717, 1.165) is 21.5 Å². The first-order chi connectivity index (χ1) is 6.91. The molecule has 1 heterocycles. The van der Waals surface area contributed by atoms with Crippen LogP contribution in [-0.2, 0) is 6.42 Å². The summed E-state index contributed by atoms with van der Waals surface area (Å²) in [6.45, 7) is 8.54. The van der Waals surface area contributed by atoms with Crippen LogP contribution in [0.5, 0.6) is 0 Å². The second kappa shape index (κ2) is 5.09. The van der Waals surface area contributed by atoms with E-state index in [4.69, 9.17) is 5.73 Å². The monoisotopic (exact) mass is 319 g/mol. The van der Waals surface area contributed by atoms with Gasteiger partial charge < -0.3 is 5.73 Å². The van der Waals surface area contributed by atoms with Crippen LogP contribution in [0.1, 0.15) is 45.1 Å². The number of rotatable bonds is 3. The fraction of sp³-hybridized carbons (Fsp3) is 0.636. The third-order valence-electron chi connectivity index (χ3n) is 2.08. The third-order valence-corrected chi connectivity index (χ3v) is 3.26. The minimum atomic E-state index is 0.329. The number of nitrogen functional groups attached to an aromatic ring is 1. The minimum Gasteiger partial charge on any atom is -0.383 e. The minimum absolute atomic E-state index is 0.329. The first kappa shape index (κ1) is 12.7. The van der Waals surface area contributed by atoms with Crippen molar-refractivity contribution < 1.29 is 0 Å². The molecule has 0 radical (unpaired) electrons. The van der Waals surface area contributed by atoms with E-state index in [1.807, 2.05) is 0 Å². The molecule has 0 aliphatic heterocycles. The molecule has 0 amide bonds. The van der Waals surface area contributed by atoms with Crippen LogP contribution in [0.4, 0.5) is 5.82 Å². The fourth-order valence-electron chi connectivity index (χ4n) is 1.31. The Labute approximate surface area is 105 Å². The Hall–Kier alpha value is -0.390. The van der Waals surface area contributed by atoms with Crippen LogP contribution in [0.25, 0.3) is 0 Å². The molecule has 0 saturated heterocycles. The molecule has 15 heavy (non-hydrogen) atoms. The highest BCUT2D eigenvalue weighted by molar-refractivity contribution is 14.1. The van der Waals surface area contributed by atoms with Gasteiger partial charge in [0.2, 0.25) is 0 Å². The van der Waals surface area contributed by atoms with Crippen molar-refractivity contribution >= 4 is 28.4 Å². The smallest absolute Gasteiger partial charge is 0.140 e.